The number of anilines is 1. The molecule has 0 amide bonds. The molecule has 0 radical (unpaired) electrons. The van der Waals surface area contributed by atoms with Crippen molar-refractivity contribution >= 4 is 23.0 Å². The van der Waals surface area contributed by atoms with Crippen molar-refractivity contribution in [2.75, 3.05) is 11.9 Å². The minimum Gasteiger partial charge on any atom is -0.389 e. The summed E-state index contributed by atoms with van der Waals surface area (Å²) in [6.45, 7) is 4.87. The molecule has 0 bridgehead atoms. The van der Waals surface area contributed by atoms with Crippen molar-refractivity contribution in [2.24, 2.45) is 12.8 Å². The molecule has 2 rings (SSSR count). The van der Waals surface area contributed by atoms with E-state index in [1.54, 1.807) is 4.68 Å². The Morgan fingerprint density at radius 1 is 1.35 bits per heavy atom. The molecule has 2 aromatic rings. The number of thiocarbonyl (C=S) groups is 1. The van der Waals surface area contributed by atoms with Gasteiger partial charge in [0.2, 0.25) is 0 Å². The molecule has 0 atom stereocenters. The number of rotatable bonds is 5. The van der Waals surface area contributed by atoms with Crippen molar-refractivity contribution in [1.82, 2.24) is 9.78 Å². The number of hydrogen-bond donors (Lipinski definition) is 2. The first-order chi connectivity index (χ1) is 9.50. The van der Waals surface area contributed by atoms with Crippen molar-refractivity contribution in [3.05, 3.63) is 46.6 Å². The fraction of sp³-hybridized carbons (Fsp3) is 0.333. The fourth-order valence-corrected chi connectivity index (χ4v) is 2.61. The van der Waals surface area contributed by atoms with Crippen LogP contribution in [-0.4, -0.2) is 21.3 Å². The molecule has 5 heteroatoms. The molecule has 0 aliphatic carbocycles. The van der Waals surface area contributed by atoms with Crippen molar-refractivity contribution in [1.29, 1.82) is 0 Å². The van der Waals surface area contributed by atoms with Gasteiger partial charge < -0.3 is 11.1 Å². The highest BCUT2D eigenvalue weighted by molar-refractivity contribution is 7.80. The van der Waals surface area contributed by atoms with Gasteiger partial charge in [-0.2, -0.15) is 5.10 Å². The minimum atomic E-state index is 0.383. The Balaban J connectivity index is 2.09. The lowest BCUT2D eigenvalue weighted by Gasteiger charge is -2.10. The van der Waals surface area contributed by atoms with E-state index >= 15 is 0 Å². The zero-order valence-electron chi connectivity index (χ0n) is 12.1. The first-order valence-corrected chi connectivity index (χ1v) is 7.03. The van der Waals surface area contributed by atoms with Crippen LogP contribution in [0.2, 0.25) is 0 Å². The van der Waals surface area contributed by atoms with E-state index in [1.165, 1.54) is 11.1 Å². The molecular weight excluding hydrogens is 268 g/mol. The van der Waals surface area contributed by atoms with Gasteiger partial charge in [0.25, 0.3) is 0 Å². The molecular formula is C15H20N4S. The van der Waals surface area contributed by atoms with Crippen molar-refractivity contribution < 1.29 is 0 Å². The molecule has 4 nitrogen and oxygen atoms in total. The molecule has 1 aromatic heterocycles. The lowest BCUT2D eigenvalue weighted by atomic mass is 10.1. The Kier molecular flexibility index (Phi) is 4.39. The maximum Gasteiger partial charge on any atom is 0.134 e. The van der Waals surface area contributed by atoms with Crippen molar-refractivity contribution in [3.8, 4) is 0 Å². The van der Waals surface area contributed by atoms with Crippen LogP contribution in [0, 0.1) is 13.8 Å². The third-order valence-corrected chi connectivity index (χ3v) is 3.62. The Labute approximate surface area is 125 Å². The van der Waals surface area contributed by atoms with E-state index in [4.69, 9.17) is 18.0 Å². The maximum atomic E-state index is 5.77. The van der Waals surface area contributed by atoms with Crippen LogP contribution < -0.4 is 11.1 Å². The highest BCUT2D eigenvalue weighted by Gasteiger charge is 2.14. The van der Waals surface area contributed by atoms with Crippen molar-refractivity contribution in [2.45, 2.75) is 20.3 Å². The molecule has 0 spiro atoms. The number of nitrogens with one attached hydrogen (secondary N) is 1. The summed E-state index contributed by atoms with van der Waals surface area (Å²) in [7, 11) is 1.89. The quantitative estimate of drug-likeness (QED) is 0.829. The Morgan fingerprint density at radius 2 is 2.05 bits per heavy atom. The lowest BCUT2D eigenvalue weighted by Crippen LogP contribution is -2.16. The highest BCUT2D eigenvalue weighted by atomic mass is 32.1. The van der Waals surface area contributed by atoms with Gasteiger partial charge in [-0.25, -0.2) is 0 Å². The van der Waals surface area contributed by atoms with Crippen LogP contribution in [0.15, 0.2) is 24.3 Å². The van der Waals surface area contributed by atoms with Crippen LogP contribution in [0.1, 0.15) is 22.4 Å². The van der Waals surface area contributed by atoms with Crippen LogP contribution in [0.3, 0.4) is 0 Å². The van der Waals surface area contributed by atoms with Gasteiger partial charge in [-0.15, -0.1) is 0 Å². The second-order valence-corrected chi connectivity index (χ2v) is 5.34. The summed E-state index contributed by atoms with van der Waals surface area (Å²) in [5.41, 5.74) is 10.1. The molecule has 0 aliphatic rings. The first kappa shape index (κ1) is 14.5. The summed E-state index contributed by atoms with van der Waals surface area (Å²) in [5.74, 6) is 0.892. The van der Waals surface area contributed by atoms with E-state index in [0.29, 0.717) is 4.99 Å². The molecule has 3 N–H and O–H groups in total. The summed E-state index contributed by atoms with van der Waals surface area (Å²) >= 11 is 5.10. The molecule has 1 heterocycles. The lowest BCUT2D eigenvalue weighted by molar-refractivity contribution is 0.757. The van der Waals surface area contributed by atoms with Crippen LogP contribution in [0.25, 0.3) is 0 Å². The van der Waals surface area contributed by atoms with Gasteiger partial charge in [-0.1, -0.05) is 36.5 Å². The monoisotopic (exact) mass is 288 g/mol. The van der Waals surface area contributed by atoms with Crippen LogP contribution in [0.4, 0.5) is 5.82 Å². The fourth-order valence-electron chi connectivity index (χ4n) is 2.36. The second-order valence-electron chi connectivity index (χ2n) is 4.90. The van der Waals surface area contributed by atoms with Crippen LogP contribution in [-0.2, 0) is 13.5 Å². The zero-order valence-corrected chi connectivity index (χ0v) is 12.9. The Hall–Kier alpha value is -1.88. The van der Waals surface area contributed by atoms with E-state index in [-0.39, 0.29) is 0 Å². The smallest absolute Gasteiger partial charge is 0.134 e. The molecule has 0 aliphatic heterocycles. The Morgan fingerprint density at radius 3 is 2.70 bits per heavy atom. The minimum absolute atomic E-state index is 0.383. The molecule has 0 saturated carbocycles. The van der Waals surface area contributed by atoms with Gasteiger partial charge in [0.1, 0.15) is 10.8 Å². The molecule has 1 aromatic carbocycles. The third kappa shape index (κ3) is 2.99. The predicted molar refractivity (Wildman–Crippen MR) is 87.2 cm³/mol. The average molecular weight is 288 g/mol. The Bertz CT molecular complexity index is 631. The number of benzene rings is 1. The molecule has 0 saturated heterocycles. The third-order valence-electron chi connectivity index (χ3n) is 3.42. The van der Waals surface area contributed by atoms with E-state index < -0.39 is 0 Å². The average Bonchev–Trinajstić information content (AvgIpc) is 2.66. The topological polar surface area (TPSA) is 55.9 Å². The van der Waals surface area contributed by atoms with E-state index in [2.05, 4.69) is 41.6 Å². The van der Waals surface area contributed by atoms with Crippen LogP contribution in [0.5, 0.6) is 0 Å². The van der Waals surface area contributed by atoms with Crippen LogP contribution >= 0.6 is 12.2 Å². The highest BCUT2D eigenvalue weighted by Crippen LogP contribution is 2.18. The predicted octanol–water partition coefficient (Wildman–Crippen LogP) is 2.33. The number of aromatic nitrogens is 2. The largest absolute Gasteiger partial charge is 0.389 e. The van der Waals surface area contributed by atoms with E-state index in [9.17, 15) is 0 Å². The number of aryl methyl sites for hydroxylation is 3. The summed E-state index contributed by atoms with van der Waals surface area (Å²) < 4.78 is 1.79. The van der Waals surface area contributed by atoms with E-state index in [0.717, 1.165) is 30.0 Å². The summed E-state index contributed by atoms with van der Waals surface area (Å²) in [6, 6.07) is 8.41. The number of hydrogen-bond acceptors (Lipinski definition) is 3. The first-order valence-electron chi connectivity index (χ1n) is 6.62. The second kappa shape index (κ2) is 6.05. The maximum absolute atomic E-state index is 5.77. The van der Waals surface area contributed by atoms with Gasteiger partial charge in [-0.05, 0) is 31.4 Å². The molecule has 106 valence electrons. The standard InChI is InChI=1S/C15H20N4S/c1-10-6-4-5-7-12(10)8-9-17-15-13(14(16)20)11(2)18-19(15)3/h4-7,17H,8-9H2,1-3H3,(H2,16,20). The van der Waals surface area contributed by atoms with Gasteiger partial charge in [0, 0.05) is 13.6 Å². The van der Waals surface area contributed by atoms with E-state index in [1.807, 2.05) is 14.0 Å². The molecule has 20 heavy (non-hydrogen) atoms. The molecule has 0 unspecified atom stereocenters. The zero-order chi connectivity index (χ0) is 14.7. The SMILES string of the molecule is Cc1ccccc1CCNc1c(C(N)=S)c(C)nn1C. The number of nitrogens with two attached hydrogens (primary N) is 1. The van der Waals surface area contributed by atoms with Gasteiger partial charge >= 0.3 is 0 Å². The summed E-state index contributed by atoms with van der Waals surface area (Å²) in [5, 5.41) is 7.75. The summed E-state index contributed by atoms with van der Waals surface area (Å²) in [6.07, 6.45) is 0.952. The molecule has 0 fully saturated rings. The van der Waals surface area contributed by atoms with Gasteiger partial charge in [0.15, 0.2) is 0 Å². The number of nitrogens with zero attached hydrogens (tertiary/aromatic N) is 2. The van der Waals surface area contributed by atoms with Gasteiger partial charge in [-0.3, -0.25) is 4.68 Å². The summed E-state index contributed by atoms with van der Waals surface area (Å²) in [4.78, 5) is 0.383. The van der Waals surface area contributed by atoms with Crippen molar-refractivity contribution in [3.63, 3.8) is 0 Å². The normalized spacial score (nSPS) is 10.6. The van der Waals surface area contributed by atoms with Gasteiger partial charge in [0.05, 0.1) is 11.3 Å².